The second kappa shape index (κ2) is 7.43. The standard InChI is InChI=1S/C19H14ClN5O2/c20-15-6-2-1-5-14(15)18-10-9-13(27-18)11-21-23-19(26)12-25-17-8-4-3-7-16(17)22-24-25/h1-11H,12H2,(H,23,26)/b21-11+. The third-order valence-electron chi connectivity index (χ3n) is 3.86. The normalized spacial score (nSPS) is 11.3. The molecule has 0 aliphatic carbocycles. The highest BCUT2D eigenvalue weighted by Crippen LogP contribution is 2.28. The molecule has 1 amide bonds. The molecule has 0 aliphatic rings. The largest absolute Gasteiger partial charge is 0.455 e. The average Bonchev–Trinajstić information content (AvgIpc) is 3.30. The van der Waals surface area contributed by atoms with Crippen LogP contribution >= 0.6 is 11.6 Å². The number of amides is 1. The SMILES string of the molecule is O=C(Cn1nnc2ccccc21)N/N=C/c1ccc(-c2ccccc2Cl)o1. The van der Waals surface area contributed by atoms with Gasteiger partial charge in [-0.2, -0.15) is 5.10 Å². The number of halogens is 1. The number of hydrogen-bond acceptors (Lipinski definition) is 5. The molecule has 1 N–H and O–H groups in total. The summed E-state index contributed by atoms with van der Waals surface area (Å²) in [5.41, 5.74) is 4.76. The number of aromatic nitrogens is 3. The molecule has 0 unspecified atom stereocenters. The van der Waals surface area contributed by atoms with Crippen molar-refractivity contribution < 1.29 is 9.21 Å². The van der Waals surface area contributed by atoms with Gasteiger partial charge in [0.25, 0.3) is 5.91 Å². The Kier molecular flexibility index (Phi) is 4.67. The topological polar surface area (TPSA) is 85.3 Å². The maximum atomic E-state index is 12.1. The molecule has 4 rings (SSSR count). The lowest BCUT2D eigenvalue weighted by atomic mass is 10.2. The van der Waals surface area contributed by atoms with Crippen LogP contribution in [0.15, 0.2) is 70.2 Å². The Morgan fingerprint density at radius 1 is 1.15 bits per heavy atom. The second-order valence-electron chi connectivity index (χ2n) is 5.71. The van der Waals surface area contributed by atoms with E-state index in [9.17, 15) is 4.79 Å². The number of furan rings is 1. The van der Waals surface area contributed by atoms with Gasteiger partial charge in [0.15, 0.2) is 0 Å². The van der Waals surface area contributed by atoms with E-state index >= 15 is 0 Å². The van der Waals surface area contributed by atoms with Gasteiger partial charge in [-0.1, -0.05) is 41.1 Å². The Bertz CT molecular complexity index is 1130. The van der Waals surface area contributed by atoms with Crippen molar-refractivity contribution in [3.63, 3.8) is 0 Å². The van der Waals surface area contributed by atoms with E-state index in [2.05, 4.69) is 20.8 Å². The van der Waals surface area contributed by atoms with Gasteiger partial charge in [-0.05, 0) is 36.4 Å². The van der Waals surface area contributed by atoms with Crippen LogP contribution in [0.5, 0.6) is 0 Å². The van der Waals surface area contributed by atoms with Gasteiger partial charge in [0.2, 0.25) is 0 Å². The zero-order chi connectivity index (χ0) is 18.6. The molecule has 0 atom stereocenters. The molecule has 27 heavy (non-hydrogen) atoms. The van der Waals surface area contributed by atoms with Gasteiger partial charge >= 0.3 is 0 Å². The van der Waals surface area contributed by atoms with E-state index in [0.717, 1.165) is 16.6 Å². The molecule has 2 heterocycles. The fourth-order valence-electron chi connectivity index (χ4n) is 2.60. The Balaban J connectivity index is 1.39. The van der Waals surface area contributed by atoms with Crippen molar-refractivity contribution in [1.82, 2.24) is 20.4 Å². The van der Waals surface area contributed by atoms with Crippen LogP contribution in [-0.2, 0) is 11.3 Å². The maximum absolute atomic E-state index is 12.1. The van der Waals surface area contributed by atoms with Gasteiger partial charge in [-0.15, -0.1) is 5.10 Å². The van der Waals surface area contributed by atoms with Gasteiger partial charge in [0.05, 0.1) is 16.8 Å². The van der Waals surface area contributed by atoms with Crippen molar-refractivity contribution in [2.45, 2.75) is 6.54 Å². The molecule has 4 aromatic rings. The highest BCUT2D eigenvalue weighted by molar-refractivity contribution is 6.33. The number of hydrazone groups is 1. The first-order valence-corrected chi connectivity index (χ1v) is 8.53. The fraction of sp³-hybridized carbons (Fsp3) is 0.0526. The van der Waals surface area contributed by atoms with E-state index in [-0.39, 0.29) is 12.5 Å². The Hall–Kier alpha value is -3.45. The Morgan fingerprint density at radius 3 is 2.85 bits per heavy atom. The predicted molar refractivity (Wildman–Crippen MR) is 102 cm³/mol. The third kappa shape index (κ3) is 3.73. The fourth-order valence-corrected chi connectivity index (χ4v) is 2.83. The summed E-state index contributed by atoms with van der Waals surface area (Å²) in [5, 5.41) is 12.5. The minimum absolute atomic E-state index is 0.0148. The molecule has 0 saturated heterocycles. The first-order valence-electron chi connectivity index (χ1n) is 8.15. The maximum Gasteiger partial charge on any atom is 0.261 e. The first-order chi connectivity index (χ1) is 13.2. The van der Waals surface area contributed by atoms with Crippen LogP contribution in [0.1, 0.15) is 5.76 Å². The van der Waals surface area contributed by atoms with Gasteiger partial charge in [-0.25, -0.2) is 10.1 Å². The Morgan fingerprint density at radius 2 is 1.96 bits per heavy atom. The van der Waals surface area contributed by atoms with E-state index in [0.29, 0.717) is 16.5 Å². The highest BCUT2D eigenvalue weighted by Gasteiger charge is 2.09. The first kappa shape index (κ1) is 17.0. The van der Waals surface area contributed by atoms with Crippen molar-refractivity contribution in [3.8, 4) is 11.3 Å². The summed E-state index contributed by atoms with van der Waals surface area (Å²) in [6, 6.07) is 18.4. The quantitative estimate of drug-likeness (QED) is 0.425. The summed E-state index contributed by atoms with van der Waals surface area (Å²) in [6.07, 6.45) is 1.43. The Labute approximate surface area is 159 Å². The van der Waals surface area contributed by atoms with E-state index in [1.807, 2.05) is 42.5 Å². The molecular formula is C19H14ClN5O2. The lowest BCUT2D eigenvalue weighted by molar-refractivity contribution is -0.121. The number of nitrogens with zero attached hydrogens (tertiary/aromatic N) is 4. The zero-order valence-corrected chi connectivity index (χ0v) is 14.8. The molecule has 0 radical (unpaired) electrons. The van der Waals surface area contributed by atoms with Crippen molar-refractivity contribution in [3.05, 3.63) is 71.4 Å². The summed E-state index contributed by atoms with van der Waals surface area (Å²) in [4.78, 5) is 12.1. The number of carbonyl (C=O) groups excluding carboxylic acids is 1. The van der Waals surface area contributed by atoms with E-state index < -0.39 is 0 Å². The molecule has 2 aromatic heterocycles. The molecule has 0 bridgehead atoms. The highest BCUT2D eigenvalue weighted by atomic mass is 35.5. The molecule has 0 fully saturated rings. The monoisotopic (exact) mass is 379 g/mol. The number of rotatable bonds is 5. The van der Waals surface area contributed by atoms with Crippen molar-refractivity contribution >= 4 is 34.8 Å². The van der Waals surface area contributed by atoms with Crippen LogP contribution < -0.4 is 5.43 Å². The average molecular weight is 380 g/mol. The summed E-state index contributed by atoms with van der Waals surface area (Å²) in [6.45, 7) is 0.0148. The van der Waals surface area contributed by atoms with Crippen molar-refractivity contribution in [1.29, 1.82) is 0 Å². The number of carbonyl (C=O) groups is 1. The van der Waals surface area contributed by atoms with Gasteiger partial charge in [-0.3, -0.25) is 4.79 Å². The molecule has 7 nitrogen and oxygen atoms in total. The van der Waals surface area contributed by atoms with Crippen LogP contribution in [0.3, 0.4) is 0 Å². The minimum atomic E-state index is -0.320. The van der Waals surface area contributed by atoms with Gasteiger partial charge in [0, 0.05) is 5.56 Å². The molecule has 2 aromatic carbocycles. The number of nitrogens with one attached hydrogen (secondary N) is 1. The van der Waals surface area contributed by atoms with Gasteiger partial charge < -0.3 is 4.42 Å². The lowest BCUT2D eigenvalue weighted by Gasteiger charge is -2.00. The summed E-state index contributed by atoms with van der Waals surface area (Å²) < 4.78 is 7.20. The van der Waals surface area contributed by atoms with Gasteiger partial charge in [0.1, 0.15) is 23.6 Å². The molecule has 0 aliphatic heterocycles. The van der Waals surface area contributed by atoms with E-state index in [1.54, 1.807) is 18.2 Å². The zero-order valence-electron chi connectivity index (χ0n) is 14.0. The van der Waals surface area contributed by atoms with Crippen LogP contribution in [0, 0.1) is 0 Å². The number of fused-ring (bicyclic) bond motifs is 1. The van der Waals surface area contributed by atoms with E-state index in [1.165, 1.54) is 10.9 Å². The van der Waals surface area contributed by atoms with Crippen LogP contribution in [0.25, 0.3) is 22.4 Å². The molecule has 0 spiro atoms. The minimum Gasteiger partial charge on any atom is -0.455 e. The number of benzene rings is 2. The molecule has 8 heteroatoms. The smallest absolute Gasteiger partial charge is 0.261 e. The second-order valence-corrected chi connectivity index (χ2v) is 6.12. The third-order valence-corrected chi connectivity index (χ3v) is 4.19. The number of hydrogen-bond donors (Lipinski definition) is 1. The summed E-state index contributed by atoms with van der Waals surface area (Å²) in [7, 11) is 0. The summed E-state index contributed by atoms with van der Waals surface area (Å²) >= 11 is 6.16. The van der Waals surface area contributed by atoms with Crippen molar-refractivity contribution in [2.24, 2.45) is 5.10 Å². The molecule has 134 valence electrons. The molecular weight excluding hydrogens is 366 g/mol. The van der Waals surface area contributed by atoms with E-state index in [4.69, 9.17) is 16.0 Å². The summed E-state index contributed by atoms with van der Waals surface area (Å²) in [5.74, 6) is 0.804. The number of para-hydroxylation sites is 1. The lowest BCUT2D eigenvalue weighted by Crippen LogP contribution is -2.23. The predicted octanol–water partition coefficient (Wildman–Crippen LogP) is 3.50. The van der Waals surface area contributed by atoms with Crippen molar-refractivity contribution in [2.75, 3.05) is 0 Å². The van der Waals surface area contributed by atoms with Crippen LogP contribution in [0.2, 0.25) is 5.02 Å². The molecule has 0 saturated carbocycles. The van der Waals surface area contributed by atoms with Crippen LogP contribution in [-0.4, -0.2) is 27.1 Å². The van der Waals surface area contributed by atoms with Crippen LogP contribution in [0.4, 0.5) is 0 Å².